The van der Waals surface area contributed by atoms with E-state index < -0.39 is 0 Å². The molecule has 1 aliphatic rings. The van der Waals surface area contributed by atoms with Crippen molar-refractivity contribution in [1.29, 1.82) is 0 Å². The van der Waals surface area contributed by atoms with E-state index in [2.05, 4.69) is 10.3 Å². The van der Waals surface area contributed by atoms with Gasteiger partial charge in [-0.2, -0.15) is 0 Å². The number of carbonyl (C=O) groups excluding carboxylic acids is 2. The Balaban J connectivity index is 1.49. The maximum absolute atomic E-state index is 12.2. The molecule has 7 heteroatoms. The number of para-hydroxylation sites is 2. The Hall–Kier alpha value is -3.09. The highest BCUT2D eigenvalue weighted by molar-refractivity contribution is 5.98. The van der Waals surface area contributed by atoms with E-state index in [0.29, 0.717) is 30.4 Å². The number of aromatic nitrogens is 1. The van der Waals surface area contributed by atoms with Gasteiger partial charge in [0.25, 0.3) is 5.91 Å². The zero-order valence-corrected chi connectivity index (χ0v) is 15.5. The van der Waals surface area contributed by atoms with Crippen LogP contribution in [-0.4, -0.2) is 36.1 Å². The molecule has 0 radical (unpaired) electrons. The summed E-state index contributed by atoms with van der Waals surface area (Å²) < 4.78 is 10.9. The highest BCUT2D eigenvalue weighted by Gasteiger charge is 2.25. The van der Waals surface area contributed by atoms with Gasteiger partial charge in [0.05, 0.1) is 11.8 Å². The van der Waals surface area contributed by atoms with Crippen molar-refractivity contribution in [2.24, 2.45) is 0 Å². The molecule has 2 amide bonds. The van der Waals surface area contributed by atoms with E-state index >= 15 is 0 Å². The summed E-state index contributed by atoms with van der Waals surface area (Å²) in [6.07, 6.45) is 1.96. The molecule has 1 aromatic heterocycles. The minimum Gasteiger partial charge on any atom is -0.482 e. The fraction of sp³-hybridized carbons (Fsp3) is 0.350. The van der Waals surface area contributed by atoms with Crippen LogP contribution >= 0.6 is 0 Å². The van der Waals surface area contributed by atoms with E-state index in [1.165, 1.54) is 0 Å². The molecule has 142 valence electrons. The van der Waals surface area contributed by atoms with Crippen LogP contribution in [0.1, 0.15) is 25.8 Å². The van der Waals surface area contributed by atoms with Gasteiger partial charge in [-0.25, -0.2) is 4.98 Å². The van der Waals surface area contributed by atoms with Crippen LogP contribution in [0, 0.1) is 0 Å². The topological polar surface area (TPSA) is 80.8 Å². The first kappa shape index (κ1) is 18.7. The molecule has 0 fully saturated rings. The molecule has 1 N–H and O–H groups in total. The molecule has 0 bridgehead atoms. The van der Waals surface area contributed by atoms with E-state index in [4.69, 9.17) is 9.47 Å². The molecule has 0 unspecified atom stereocenters. The summed E-state index contributed by atoms with van der Waals surface area (Å²) in [4.78, 5) is 30.1. The fourth-order valence-corrected chi connectivity index (χ4v) is 2.73. The maximum atomic E-state index is 12.2. The number of rotatable bonds is 7. The monoisotopic (exact) mass is 369 g/mol. The molecule has 0 saturated heterocycles. The van der Waals surface area contributed by atoms with Gasteiger partial charge in [-0.15, -0.1) is 0 Å². The van der Waals surface area contributed by atoms with Crippen molar-refractivity contribution >= 4 is 17.5 Å². The van der Waals surface area contributed by atoms with Crippen molar-refractivity contribution in [3.8, 4) is 11.6 Å². The Morgan fingerprint density at radius 1 is 1.30 bits per heavy atom. The van der Waals surface area contributed by atoms with E-state index in [0.717, 1.165) is 5.56 Å². The first-order valence-electron chi connectivity index (χ1n) is 8.93. The van der Waals surface area contributed by atoms with Crippen molar-refractivity contribution in [1.82, 2.24) is 10.3 Å². The number of pyridine rings is 1. The van der Waals surface area contributed by atoms with Gasteiger partial charge in [-0.05, 0) is 31.5 Å². The molecule has 27 heavy (non-hydrogen) atoms. The molecule has 7 nitrogen and oxygen atoms in total. The SMILES string of the molecule is CC(C)Oc1ccc(CNC(=O)CCN2C(=O)COc3ccccc32)cn1. The van der Waals surface area contributed by atoms with Crippen molar-refractivity contribution in [3.05, 3.63) is 48.2 Å². The number of hydrogen-bond donors (Lipinski definition) is 1. The maximum Gasteiger partial charge on any atom is 0.265 e. The van der Waals surface area contributed by atoms with Crippen LogP contribution in [-0.2, 0) is 16.1 Å². The molecule has 1 aliphatic heterocycles. The van der Waals surface area contributed by atoms with Gasteiger partial charge < -0.3 is 19.7 Å². The quantitative estimate of drug-likeness (QED) is 0.810. The summed E-state index contributed by atoms with van der Waals surface area (Å²) in [5, 5.41) is 2.85. The summed E-state index contributed by atoms with van der Waals surface area (Å²) >= 11 is 0. The van der Waals surface area contributed by atoms with Crippen molar-refractivity contribution in [2.75, 3.05) is 18.1 Å². The van der Waals surface area contributed by atoms with Gasteiger partial charge in [0.1, 0.15) is 5.75 Å². The Labute approximate surface area is 158 Å². The van der Waals surface area contributed by atoms with Crippen LogP contribution in [0.15, 0.2) is 42.6 Å². The number of hydrogen-bond acceptors (Lipinski definition) is 5. The number of nitrogens with one attached hydrogen (secondary N) is 1. The summed E-state index contributed by atoms with van der Waals surface area (Å²) in [5.74, 6) is 0.942. The predicted octanol–water partition coefficient (Wildman–Crippen LogP) is 2.30. The number of ether oxygens (including phenoxy) is 2. The largest absolute Gasteiger partial charge is 0.482 e. The van der Waals surface area contributed by atoms with Crippen LogP contribution in [0.2, 0.25) is 0 Å². The average Bonchev–Trinajstić information content (AvgIpc) is 2.66. The van der Waals surface area contributed by atoms with Gasteiger partial charge in [0.15, 0.2) is 6.61 Å². The fourth-order valence-electron chi connectivity index (χ4n) is 2.73. The first-order chi connectivity index (χ1) is 13.0. The van der Waals surface area contributed by atoms with Gasteiger partial charge in [0.2, 0.25) is 11.8 Å². The van der Waals surface area contributed by atoms with Crippen LogP contribution < -0.4 is 19.7 Å². The lowest BCUT2D eigenvalue weighted by atomic mass is 10.2. The lowest BCUT2D eigenvalue weighted by molar-refractivity contribution is -0.122. The molecule has 3 rings (SSSR count). The summed E-state index contributed by atoms with van der Waals surface area (Å²) in [6.45, 7) is 4.56. The Morgan fingerprint density at radius 3 is 2.85 bits per heavy atom. The minimum atomic E-state index is -0.147. The third-order valence-corrected chi connectivity index (χ3v) is 4.01. The van der Waals surface area contributed by atoms with Crippen LogP contribution in [0.25, 0.3) is 0 Å². The highest BCUT2D eigenvalue weighted by Crippen LogP contribution is 2.31. The Kier molecular flexibility index (Phi) is 5.90. The molecule has 1 aromatic carbocycles. The number of benzene rings is 1. The number of carbonyl (C=O) groups is 2. The standard InChI is InChI=1S/C20H23N3O4/c1-14(2)27-19-8-7-15(12-22-19)11-21-18(24)9-10-23-16-5-3-4-6-17(16)26-13-20(23)25/h3-8,12,14H,9-11,13H2,1-2H3,(H,21,24). The van der Waals surface area contributed by atoms with Crippen molar-refractivity contribution < 1.29 is 19.1 Å². The van der Waals surface area contributed by atoms with Gasteiger partial charge in [0, 0.05) is 31.8 Å². The number of nitrogens with zero attached hydrogens (tertiary/aromatic N) is 2. The lowest BCUT2D eigenvalue weighted by Gasteiger charge is -2.29. The Morgan fingerprint density at radius 2 is 2.11 bits per heavy atom. The lowest BCUT2D eigenvalue weighted by Crippen LogP contribution is -2.41. The third kappa shape index (κ3) is 4.97. The highest BCUT2D eigenvalue weighted by atomic mass is 16.5. The molecule has 2 aromatic rings. The number of fused-ring (bicyclic) bond motifs is 1. The molecule has 0 spiro atoms. The van der Waals surface area contributed by atoms with E-state index in [9.17, 15) is 9.59 Å². The predicted molar refractivity (Wildman–Crippen MR) is 101 cm³/mol. The molecule has 0 saturated carbocycles. The minimum absolute atomic E-state index is 0.00486. The molecule has 0 aliphatic carbocycles. The van der Waals surface area contributed by atoms with Crippen molar-refractivity contribution in [3.63, 3.8) is 0 Å². The third-order valence-electron chi connectivity index (χ3n) is 4.01. The second-order valence-corrected chi connectivity index (χ2v) is 6.50. The Bertz CT molecular complexity index is 805. The zero-order valence-electron chi connectivity index (χ0n) is 15.5. The zero-order chi connectivity index (χ0) is 19.2. The summed E-state index contributed by atoms with van der Waals surface area (Å²) in [7, 11) is 0. The molecular weight excluding hydrogens is 346 g/mol. The average molecular weight is 369 g/mol. The number of amides is 2. The second-order valence-electron chi connectivity index (χ2n) is 6.50. The van der Waals surface area contributed by atoms with Crippen LogP contribution in [0.3, 0.4) is 0 Å². The van der Waals surface area contributed by atoms with E-state index in [1.807, 2.05) is 44.2 Å². The smallest absolute Gasteiger partial charge is 0.265 e. The summed E-state index contributed by atoms with van der Waals surface area (Å²) in [6, 6.07) is 11.0. The van der Waals surface area contributed by atoms with E-state index in [1.54, 1.807) is 17.2 Å². The van der Waals surface area contributed by atoms with Crippen LogP contribution in [0.5, 0.6) is 11.6 Å². The second kappa shape index (κ2) is 8.53. The van der Waals surface area contributed by atoms with Gasteiger partial charge in [-0.1, -0.05) is 18.2 Å². The number of anilines is 1. The molecule has 0 atom stereocenters. The summed E-state index contributed by atoms with van der Waals surface area (Å²) in [5.41, 5.74) is 1.58. The van der Waals surface area contributed by atoms with E-state index in [-0.39, 0.29) is 30.9 Å². The van der Waals surface area contributed by atoms with Crippen LogP contribution in [0.4, 0.5) is 5.69 Å². The molecule has 2 heterocycles. The normalized spacial score (nSPS) is 13.1. The van der Waals surface area contributed by atoms with Gasteiger partial charge >= 0.3 is 0 Å². The first-order valence-corrected chi connectivity index (χ1v) is 8.93. The van der Waals surface area contributed by atoms with Crippen molar-refractivity contribution in [2.45, 2.75) is 32.9 Å². The molecular formula is C20H23N3O4. The van der Waals surface area contributed by atoms with Gasteiger partial charge in [-0.3, -0.25) is 9.59 Å².